The number of thiazole rings is 1. The Labute approximate surface area is 183 Å². The standard InChI is InChI=1S/C20H28N4OS.HI/c1-3-21-20(24(2)11-12-25-14-16-9-10-16)22-13-19-23-18(15-26-19)17-7-5-4-6-8-17;/h4-8,15-16H,3,9-14H2,1-2H3,(H,21,22);1H. The number of likely N-dealkylation sites (N-methyl/N-ethyl adjacent to an activating group) is 1. The van der Waals surface area contributed by atoms with Crippen LogP contribution in [-0.4, -0.2) is 49.2 Å². The van der Waals surface area contributed by atoms with Crippen molar-refractivity contribution in [2.24, 2.45) is 10.9 Å². The molecule has 1 aliphatic carbocycles. The molecule has 1 aliphatic rings. The van der Waals surface area contributed by atoms with Gasteiger partial charge in [0, 0.05) is 37.7 Å². The highest BCUT2D eigenvalue weighted by molar-refractivity contribution is 14.0. The molecule has 7 heteroatoms. The van der Waals surface area contributed by atoms with Crippen LogP contribution in [0.5, 0.6) is 0 Å². The number of nitrogens with zero attached hydrogens (tertiary/aromatic N) is 3. The molecule has 0 atom stereocenters. The van der Waals surface area contributed by atoms with Crippen molar-refractivity contribution in [3.8, 4) is 11.3 Å². The normalized spacial score (nSPS) is 13.9. The largest absolute Gasteiger partial charge is 0.379 e. The van der Waals surface area contributed by atoms with Crippen molar-refractivity contribution in [3.05, 3.63) is 40.7 Å². The van der Waals surface area contributed by atoms with Crippen LogP contribution in [-0.2, 0) is 11.3 Å². The smallest absolute Gasteiger partial charge is 0.194 e. The first-order valence-corrected chi connectivity index (χ1v) is 10.2. The molecule has 27 heavy (non-hydrogen) atoms. The van der Waals surface area contributed by atoms with E-state index in [-0.39, 0.29) is 24.0 Å². The van der Waals surface area contributed by atoms with E-state index in [1.54, 1.807) is 11.3 Å². The molecule has 3 rings (SSSR count). The van der Waals surface area contributed by atoms with Crippen molar-refractivity contribution < 1.29 is 4.74 Å². The van der Waals surface area contributed by atoms with E-state index in [1.165, 1.54) is 12.8 Å². The monoisotopic (exact) mass is 500 g/mol. The summed E-state index contributed by atoms with van der Waals surface area (Å²) in [5, 5.41) is 6.48. The van der Waals surface area contributed by atoms with Crippen molar-refractivity contribution in [3.63, 3.8) is 0 Å². The summed E-state index contributed by atoms with van der Waals surface area (Å²) in [5.41, 5.74) is 2.17. The van der Waals surface area contributed by atoms with Crippen LogP contribution >= 0.6 is 35.3 Å². The lowest BCUT2D eigenvalue weighted by Crippen LogP contribution is -2.40. The Morgan fingerprint density at radius 1 is 1.33 bits per heavy atom. The summed E-state index contributed by atoms with van der Waals surface area (Å²) in [5.74, 6) is 1.71. The molecular weight excluding hydrogens is 471 g/mol. The van der Waals surface area contributed by atoms with Gasteiger partial charge in [-0.3, -0.25) is 0 Å². The number of hydrogen-bond donors (Lipinski definition) is 1. The molecule has 0 unspecified atom stereocenters. The topological polar surface area (TPSA) is 49.8 Å². The molecule has 0 radical (unpaired) electrons. The average molecular weight is 500 g/mol. The Morgan fingerprint density at radius 3 is 2.81 bits per heavy atom. The van der Waals surface area contributed by atoms with Crippen LogP contribution in [0.1, 0.15) is 24.8 Å². The van der Waals surface area contributed by atoms with E-state index in [4.69, 9.17) is 14.7 Å². The van der Waals surface area contributed by atoms with Gasteiger partial charge in [0.15, 0.2) is 5.96 Å². The third kappa shape index (κ3) is 7.38. The quantitative estimate of drug-likeness (QED) is 0.242. The van der Waals surface area contributed by atoms with Gasteiger partial charge in [0.05, 0.1) is 18.8 Å². The number of aromatic nitrogens is 1. The van der Waals surface area contributed by atoms with Crippen LogP contribution in [0.2, 0.25) is 0 Å². The van der Waals surface area contributed by atoms with Crippen LogP contribution < -0.4 is 5.32 Å². The molecule has 0 saturated heterocycles. The van der Waals surface area contributed by atoms with Crippen LogP contribution in [0, 0.1) is 5.92 Å². The minimum atomic E-state index is 0. The number of nitrogens with one attached hydrogen (secondary N) is 1. The SMILES string of the molecule is CCNC(=NCc1nc(-c2ccccc2)cs1)N(C)CCOCC1CC1.I. The molecule has 2 aromatic rings. The third-order valence-electron chi connectivity index (χ3n) is 4.30. The molecule has 1 fully saturated rings. The fraction of sp³-hybridized carbons (Fsp3) is 0.500. The summed E-state index contributed by atoms with van der Waals surface area (Å²) in [7, 11) is 2.05. The molecule has 1 aromatic heterocycles. The summed E-state index contributed by atoms with van der Waals surface area (Å²) in [6, 6.07) is 10.3. The number of benzene rings is 1. The lowest BCUT2D eigenvalue weighted by Gasteiger charge is -2.21. The van der Waals surface area contributed by atoms with E-state index in [0.29, 0.717) is 6.54 Å². The van der Waals surface area contributed by atoms with E-state index >= 15 is 0 Å². The lowest BCUT2D eigenvalue weighted by molar-refractivity contribution is 0.115. The molecule has 0 aliphatic heterocycles. The Bertz CT molecular complexity index is 703. The number of rotatable bonds is 9. The van der Waals surface area contributed by atoms with Gasteiger partial charge in [0.1, 0.15) is 5.01 Å². The molecule has 1 N–H and O–H groups in total. The van der Waals surface area contributed by atoms with Gasteiger partial charge in [-0.25, -0.2) is 9.98 Å². The van der Waals surface area contributed by atoms with Crippen LogP contribution in [0.25, 0.3) is 11.3 Å². The molecule has 0 bridgehead atoms. The highest BCUT2D eigenvalue weighted by Crippen LogP contribution is 2.28. The van der Waals surface area contributed by atoms with Crippen LogP contribution in [0.3, 0.4) is 0 Å². The second-order valence-electron chi connectivity index (χ2n) is 6.60. The number of hydrogen-bond acceptors (Lipinski definition) is 4. The first kappa shape index (κ1) is 22.1. The van der Waals surface area contributed by atoms with E-state index in [9.17, 15) is 0 Å². The van der Waals surface area contributed by atoms with Gasteiger partial charge in [-0.05, 0) is 25.7 Å². The van der Waals surface area contributed by atoms with Crippen molar-refractivity contribution in [1.82, 2.24) is 15.2 Å². The summed E-state index contributed by atoms with van der Waals surface area (Å²) in [4.78, 5) is 11.6. The summed E-state index contributed by atoms with van der Waals surface area (Å²) < 4.78 is 5.74. The van der Waals surface area contributed by atoms with Gasteiger partial charge in [-0.1, -0.05) is 30.3 Å². The zero-order chi connectivity index (χ0) is 18.2. The predicted octanol–water partition coefficient (Wildman–Crippen LogP) is 4.25. The Hall–Kier alpha value is -1.19. The van der Waals surface area contributed by atoms with Crippen molar-refractivity contribution in [2.75, 3.05) is 33.4 Å². The van der Waals surface area contributed by atoms with E-state index < -0.39 is 0 Å². The van der Waals surface area contributed by atoms with Gasteiger partial charge in [-0.15, -0.1) is 35.3 Å². The minimum absolute atomic E-state index is 0. The van der Waals surface area contributed by atoms with E-state index in [0.717, 1.165) is 54.4 Å². The number of aliphatic imine (C=N–C) groups is 1. The molecule has 1 aromatic carbocycles. The first-order chi connectivity index (χ1) is 12.8. The zero-order valence-corrected chi connectivity index (χ0v) is 19.2. The van der Waals surface area contributed by atoms with Gasteiger partial charge < -0.3 is 15.0 Å². The summed E-state index contributed by atoms with van der Waals surface area (Å²) in [6.07, 6.45) is 2.66. The van der Waals surface area contributed by atoms with Crippen LogP contribution in [0.4, 0.5) is 0 Å². The molecule has 148 valence electrons. The van der Waals surface area contributed by atoms with Gasteiger partial charge in [-0.2, -0.15) is 0 Å². The summed E-state index contributed by atoms with van der Waals surface area (Å²) in [6.45, 7) is 6.01. The minimum Gasteiger partial charge on any atom is -0.379 e. The molecule has 0 spiro atoms. The van der Waals surface area contributed by atoms with Gasteiger partial charge in [0.25, 0.3) is 0 Å². The maximum Gasteiger partial charge on any atom is 0.194 e. The maximum absolute atomic E-state index is 5.74. The Balaban J connectivity index is 0.00000261. The fourth-order valence-corrected chi connectivity index (χ4v) is 3.31. The molecule has 1 saturated carbocycles. The highest BCUT2D eigenvalue weighted by Gasteiger charge is 2.21. The fourth-order valence-electron chi connectivity index (χ4n) is 2.58. The Kier molecular flexibility index (Phi) is 9.50. The van der Waals surface area contributed by atoms with Gasteiger partial charge >= 0.3 is 0 Å². The molecule has 1 heterocycles. The number of ether oxygens (including phenoxy) is 1. The Morgan fingerprint density at radius 2 is 2.11 bits per heavy atom. The zero-order valence-electron chi connectivity index (χ0n) is 16.1. The van der Waals surface area contributed by atoms with Crippen LogP contribution in [0.15, 0.2) is 40.7 Å². The second kappa shape index (κ2) is 11.6. The van der Waals surface area contributed by atoms with E-state index in [1.807, 2.05) is 18.2 Å². The van der Waals surface area contributed by atoms with Crippen molar-refractivity contribution >= 4 is 41.3 Å². The maximum atomic E-state index is 5.74. The number of halogens is 1. The van der Waals surface area contributed by atoms with Crippen molar-refractivity contribution in [1.29, 1.82) is 0 Å². The molecular formula is C20H29IN4OS. The van der Waals surface area contributed by atoms with E-state index in [2.05, 4.69) is 41.7 Å². The lowest BCUT2D eigenvalue weighted by atomic mass is 10.2. The highest BCUT2D eigenvalue weighted by atomic mass is 127. The second-order valence-corrected chi connectivity index (χ2v) is 7.55. The molecule has 0 amide bonds. The summed E-state index contributed by atoms with van der Waals surface area (Å²) >= 11 is 1.66. The molecule has 5 nitrogen and oxygen atoms in total. The van der Waals surface area contributed by atoms with Gasteiger partial charge in [0.2, 0.25) is 0 Å². The van der Waals surface area contributed by atoms with Crippen molar-refractivity contribution in [2.45, 2.75) is 26.3 Å². The predicted molar refractivity (Wildman–Crippen MR) is 124 cm³/mol. The number of guanidine groups is 1. The first-order valence-electron chi connectivity index (χ1n) is 9.33. The third-order valence-corrected chi connectivity index (χ3v) is 5.14. The average Bonchev–Trinajstić information content (AvgIpc) is 3.38.